The first-order valence-corrected chi connectivity index (χ1v) is 8.68. The van der Waals surface area contributed by atoms with Crippen molar-refractivity contribution in [2.24, 2.45) is 0 Å². The third-order valence-corrected chi connectivity index (χ3v) is 4.40. The minimum atomic E-state index is -0.748. The largest absolute Gasteiger partial charge is 4.00 e. The Morgan fingerprint density at radius 1 is 0.800 bits per heavy atom. The molecule has 3 aliphatic rings. The Hall–Kier alpha value is -0.972. The molecule has 0 heterocycles. The number of aliphatic carboxylic acids is 2. The van der Waals surface area contributed by atoms with Gasteiger partial charge in [-0.2, -0.15) is 12.1 Å². The number of carbonyl (C=O) groups is 2. The van der Waals surface area contributed by atoms with Crippen molar-refractivity contribution in [3.8, 4) is 0 Å². The van der Waals surface area contributed by atoms with E-state index in [0.29, 0.717) is 11.1 Å². The van der Waals surface area contributed by atoms with E-state index in [1.807, 2.05) is 0 Å². The van der Waals surface area contributed by atoms with E-state index in [2.05, 4.69) is 0 Å². The van der Waals surface area contributed by atoms with Crippen LogP contribution in [0.1, 0.15) is 64.2 Å². The average molecular weight is 532 g/mol. The smallest absolute Gasteiger partial charge is 0.676 e. The van der Waals surface area contributed by atoms with Crippen LogP contribution in [-0.2, 0) is 30.7 Å². The molecule has 3 aliphatic carbocycles. The van der Waals surface area contributed by atoms with E-state index in [9.17, 15) is 9.59 Å². The van der Waals surface area contributed by atoms with Crippen LogP contribution >= 0.6 is 0 Å². The summed E-state index contributed by atoms with van der Waals surface area (Å²) in [6.07, 6.45) is 13.3. The minimum Gasteiger partial charge on any atom is -0.676 e. The van der Waals surface area contributed by atoms with Crippen LogP contribution in [0.15, 0.2) is 23.3 Å². The van der Waals surface area contributed by atoms with Crippen LogP contribution < -0.4 is 0 Å². The maximum Gasteiger partial charge on any atom is 4.00 e. The molecule has 6 nitrogen and oxygen atoms in total. The average Bonchev–Trinajstić information content (AvgIpc) is 3.25. The van der Waals surface area contributed by atoms with Gasteiger partial charge in [0.1, 0.15) is 0 Å². The summed E-state index contributed by atoms with van der Waals surface area (Å²) in [7, 11) is 0. The van der Waals surface area contributed by atoms with Crippen molar-refractivity contribution in [1.82, 2.24) is 0 Å². The Morgan fingerprint density at radius 3 is 1.32 bits per heavy atom. The molecule has 0 saturated heterocycles. The zero-order valence-corrected chi connectivity index (χ0v) is 16.7. The molecule has 0 radical (unpaired) electrons. The molecule has 1 fully saturated rings. The Kier molecular flexibility index (Phi) is 12.7. The van der Waals surface area contributed by atoms with Crippen LogP contribution in [0.3, 0.4) is 0 Å². The normalized spacial score (nSPS) is 24.4. The van der Waals surface area contributed by atoms with Crippen molar-refractivity contribution >= 4 is 11.9 Å². The summed E-state index contributed by atoms with van der Waals surface area (Å²) in [5.74, 6) is -1.50. The summed E-state index contributed by atoms with van der Waals surface area (Å²) in [6, 6.07) is -0.160. The first kappa shape index (κ1) is 24.0. The minimum absolute atomic E-state index is 0. The molecule has 7 heteroatoms. The predicted molar refractivity (Wildman–Crippen MR) is 93.8 cm³/mol. The first-order valence-electron chi connectivity index (χ1n) is 8.68. The monoisotopic (exact) mass is 531 g/mol. The number of hydrogen-bond acceptors (Lipinski definition) is 2. The van der Waals surface area contributed by atoms with Crippen molar-refractivity contribution in [2.45, 2.75) is 76.3 Å². The quantitative estimate of drug-likeness (QED) is 0.533. The zero-order chi connectivity index (χ0) is 17.9. The SMILES string of the molecule is O=C(O)C1=CCCC1.O=C(O)C1=CCCC1.[NH-]C1CCCCC1[NH-].[Pt+4]. The van der Waals surface area contributed by atoms with Crippen molar-refractivity contribution < 1.29 is 40.9 Å². The fourth-order valence-electron chi connectivity index (χ4n) is 2.86. The second-order valence-electron chi connectivity index (χ2n) is 6.35. The van der Waals surface area contributed by atoms with E-state index in [0.717, 1.165) is 51.4 Å². The van der Waals surface area contributed by atoms with Gasteiger partial charge in [0.05, 0.1) is 0 Å². The number of hydrogen-bond donors (Lipinski definition) is 2. The fraction of sp³-hybridized carbons (Fsp3) is 0.667. The van der Waals surface area contributed by atoms with Gasteiger partial charge in [-0.05, 0) is 38.5 Å². The molecule has 1 saturated carbocycles. The summed E-state index contributed by atoms with van der Waals surface area (Å²) in [5, 5.41) is 16.7. The number of rotatable bonds is 2. The maximum atomic E-state index is 10.1. The van der Waals surface area contributed by atoms with Gasteiger partial charge < -0.3 is 21.7 Å². The molecule has 0 aromatic rings. The van der Waals surface area contributed by atoms with Gasteiger partial charge in [0.15, 0.2) is 0 Å². The second kappa shape index (κ2) is 13.3. The van der Waals surface area contributed by atoms with Crippen LogP contribution in [0.4, 0.5) is 0 Å². The van der Waals surface area contributed by atoms with Gasteiger partial charge in [0.2, 0.25) is 0 Å². The van der Waals surface area contributed by atoms with E-state index >= 15 is 0 Å². The predicted octanol–water partition coefficient (Wildman–Crippen LogP) is 4.76. The van der Waals surface area contributed by atoms with E-state index in [4.69, 9.17) is 21.7 Å². The van der Waals surface area contributed by atoms with Gasteiger partial charge in [0.25, 0.3) is 0 Å². The number of carboxylic acids is 2. The van der Waals surface area contributed by atoms with Crippen LogP contribution in [0.5, 0.6) is 0 Å². The molecule has 142 valence electrons. The van der Waals surface area contributed by atoms with Gasteiger partial charge in [-0.25, -0.2) is 9.59 Å². The van der Waals surface area contributed by atoms with E-state index in [1.165, 1.54) is 12.8 Å². The summed E-state index contributed by atoms with van der Waals surface area (Å²) < 4.78 is 0. The molecular formula is C18H28N2O4Pt+2. The van der Waals surface area contributed by atoms with Gasteiger partial charge in [-0.15, -0.1) is 0 Å². The molecule has 3 rings (SSSR count). The van der Waals surface area contributed by atoms with E-state index < -0.39 is 11.9 Å². The van der Waals surface area contributed by atoms with E-state index in [-0.39, 0.29) is 33.1 Å². The van der Waals surface area contributed by atoms with Gasteiger partial charge in [0, 0.05) is 11.1 Å². The van der Waals surface area contributed by atoms with Gasteiger partial charge >= 0.3 is 33.0 Å². The standard InChI is InChI=1S/C6H12N2.2C6H8O2.Pt/c7-5-3-1-2-4-6(5)8;2*7-6(8)5-3-1-2-4-5;/h5-8H,1-4H2;2*3H,1-2,4H2,(H,7,8);/q-2;;;+4. The van der Waals surface area contributed by atoms with Crippen molar-refractivity contribution in [2.75, 3.05) is 0 Å². The zero-order valence-electron chi connectivity index (χ0n) is 14.4. The van der Waals surface area contributed by atoms with E-state index in [1.54, 1.807) is 12.2 Å². The van der Waals surface area contributed by atoms with Crippen molar-refractivity contribution in [3.63, 3.8) is 0 Å². The molecule has 2 atom stereocenters. The van der Waals surface area contributed by atoms with Crippen LogP contribution in [0.25, 0.3) is 11.5 Å². The third kappa shape index (κ3) is 9.93. The third-order valence-electron chi connectivity index (χ3n) is 4.40. The molecule has 2 unspecified atom stereocenters. The summed E-state index contributed by atoms with van der Waals surface area (Å²) in [5.41, 5.74) is 15.8. The molecule has 0 amide bonds. The topological polar surface area (TPSA) is 122 Å². The molecule has 25 heavy (non-hydrogen) atoms. The van der Waals surface area contributed by atoms with Crippen LogP contribution in [0, 0.1) is 0 Å². The first-order chi connectivity index (χ1) is 11.4. The van der Waals surface area contributed by atoms with Crippen molar-refractivity contribution in [1.29, 1.82) is 0 Å². The molecule has 0 aliphatic heterocycles. The van der Waals surface area contributed by atoms with Gasteiger partial charge in [-0.3, -0.25) is 0 Å². The van der Waals surface area contributed by atoms with Crippen LogP contribution in [-0.4, -0.2) is 34.2 Å². The molecule has 4 N–H and O–H groups in total. The Bertz CT molecular complexity index is 447. The van der Waals surface area contributed by atoms with Crippen molar-refractivity contribution in [3.05, 3.63) is 34.8 Å². The summed E-state index contributed by atoms with van der Waals surface area (Å²) in [6.45, 7) is 0. The molecule has 0 bridgehead atoms. The molecule has 0 spiro atoms. The Labute approximate surface area is 164 Å². The number of allylic oxidation sites excluding steroid dienone is 2. The maximum absolute atomic E-state index is 10.1. The Balaban J connectivity index is 0.000000339. The molecular weight excluding hydrogens is 503 g/mol. The Morgan fingerprint density at radius 2 is 1.16 bits per heavy atom. The van der Waals surface area contributed by atoms with Gasteiger partial charge in [-0.1, -0.05) is 37.8 Å². The fourth-order valence-corrected chi connectivity index (χ4v) is 2.86. The second-order valence-corrected chi connectivity index (χ2v) is 6.35. The summed E-state index contributed by atoms with van der Waals surface area (Å²) in [4.78, 5) is 20.3. The number of carboxylic acid groups (broad SMARTS) is 2. The molecule has 0 aromatic carbocycles. The summed E-state index contributed by atoms with van der Waals surface area (Å²) >= 11 is 0. The molecule has 0 aromatic heterocycles. The number of nitrogens with one attached hydrogen (secondary N) is 2. The van der Waals surface area contributed by atoms with Crippen LogP contribution in [0.2, 0.25) is 0 Å².